The van der Waals surface area contributed by atoms with Crippen molar-refractivity contribution in [2.75, 3.05) is 5.75 Å². The van der Waals surface area contributed by atoms with E-state index in [0.717, 1.165) is 31.2 Å². The van der Waals surface area contributed by atoms with E-state index in [1.807, 2.05) is 30.3 Å². The van der Waals surface area contributed by atoms with Crippen molar-refractivity contribution in [3.63, 3.8) is 0 Å². The summed E-state index contributed by atoms with van der Waals surface area (Å²) in [5, 5.41) is 4.32. The van der Waals surface area contributed by atoms with Gasteiger partial charge in [-0.15, -0.1) is 11.8 Å². The third-order valence-electron chi connectivity index (χ3n) is 6.90. The molecule has 1 atom stereocenters. The Bertz CT molecular complexity index is 1250. The Labute approximate surface area is 248 Å². The Morgan fingerprint density at radius 2 is 1.51 bits per heavy atom. The van der Waals surface area contributed by atoms with Gasteiger partial charge in [0.05, 0.1) is 5.75 Å². The summed E-state index contributed by atoms with van der Waals surface area (Å²) in [7, 11) is 0. The molecule has 1 saturated carbocycles. The maximum absolute atomic E-state index is 14.3. The van der Waals surface area contributed by atoms with E-state index in [1.54, 1.807) is 35.2 Å². The fraction of sp³-hybridized carbons (Fsp3) is 0.333. The zero-order valence-corrected chi connectivity index (χ0v) is 24.4. The fourth-order valence-electron chi connectivity index (χ4n) is 4.77. The average Bonchev–Trinajstić information content (AvgIpc) is 3.43. The molecule has 0 saturated heterocycles. The quantitative estimate of drug-likeness (QED) is 0.243. The molecular formula is C30H30Cl3FN2O2S. The first-order valence-corrected chi connectivity index (χ1v) is 15.2. The minimum Gasteiger partial charge on any atom is -0.352 e. The number of carbonyl (C=O) groups is 2. The van der Waals surface area contributed by atoms with E-state index in [4.69, 9.17) is 34.8 Å². The highest BCUT2D eigenvalue weighted by Gasteiger charge is 2.33. The second kappa shape index (κ2) is 14.4. The second-order valence-corrected chi connectivity index (χ2v) is 11.8. The molecule has 1 aliphatic rings. The smallest absolute Gasteiger partial charge is 0.243 e. The molecule has 39 heavy (non-hydrogen) atoms. The van der Waals surface area contributed by atoms with Crippen LogP contribution in [0.1, 0.15) is 42.4 Å². The highest BCUT2D eigenvalue weighted by Crippen LogP contribution is 2.29. The van der Waals surface area contributed by atoms with Crippen LogP contribution in [0, 0.1) is 5.82 Å². The van der Waals surface area contributed by atoms with Gasteiger partial charge in [0.25, 0.3) is 0 Å². The van der Waals surface area contributed by atoms with Crippen LogP contribution in [0.25, 0.3) is 0 Å². The first-order valence-electron chi connectivity index (χ1n) is 12.9. The first-order chi connectivity index (χ1) is 18.8. The number of carbonyl (C=O) groups excluding carboxylic acids is 2. The minimum absolute atomic E-state index is 0.0226. The topological polar surface area (TPSA) is 49.4 Å². The summed E-state index contributed by atoms with van der Waals surface area (Å²) in [6.07, 6.45) is 4.32. The number of nitrogens with zero attached hydrogens (tertiary/aromatic N) is 1. The lowest BCUT2D eigenvalue weighted by Gasteiger charge is -2.33. The van der Waals surface area contributed by atoms with Crippen LogP contribution < -0.4 is 5.32 Å². The standard InChI is InChI=1S/C30H30Cl3FN2O2S/c31-24-12-6-13-25(32)22(24)17-36(29(37)19-39-18-23-26(33)14-7-15-27(23)34)28(16-20-8-2-1-3-9-20)30(38)35-21-10-4-5-11-21/h1-3,6-9,12-15,21,28H,4-5,10-11,16-19H2,(H,35,38)/t28-/m0/s1. The minimum atomic E-state index is -0.787. The molecule has 0 aromatic heterocycles. The molecule has 0 unspecified atom stereocenters. The largest absolute Gasteiger partial charge is 0.352 e. The number of amides is 2. The van der Waals surface area contributed by atoms with Gasteiger partial charge in [0.1, 0.15) is 11.9 Å². The molecule has 2 amide bonds. The Morgan fingerprint density at radius 1 is 0.897 bits per heavy atom. The third-order valence-corrected chi connectivity index (χ3v) is 8.90. The molecule has 3 aromatic rings. The van der Waals surface area contributed by atoms with Crippen LogP contribution in [0.5, 0.6) is 0 Å². The number of thioether (sulfide) groups is 1. The highest BCUT2D eigenvalue weighted by atomic mass is 35.5. The van der Waals surface area contributed by atoms with Crippen molar-refractivity contribution < 1.29 is 14.0 Å². The van der Waals surface area contributed by atoms with Gasteiger partial charge in [-0.1, -0.05) is 90.1 Å². The molecule has 4 nitrogen and oxygen atoms in total. The number of nitrogens with one attached hydrogen (secondary N) is 1. The molecule has 4 rings (SSSR count). The van der Waals surface area contributed by atoms with Gasteiger partial charge in [0.2, 0.25) is 11.8 Å². The van der Waals surface area contributed by atoms with Crippen molar-refractivity contribution in [1.29, 1.82) is 0 Å². The van der Waals surface area contributed by atoms with Crippen molar-refractivity contribution in [3.05, 3.63) is 104 Å². The zero-order chi connectivity index (χ0) is 27.8. The van der Waals surface area contributed by atoms with E-state index in [9.17, 15) is 14.0 Å². The number of benzene rings is 3. The summed E-state index contributed by atoms with van der Waals surface area (Å²) in [6.45, 7) is 0.0634. The lowest BCUT2D eigenvalue weighted by atomic mass is 10.0. The maximum atomic E-state index is 14.3. The molecule has 206 valence electrons. The average molecular weight is 608 g/mol. The van der Waals surface area contributed by atoms with Crippen LogP contribution >= 0.6 is 46.6 Å². The van der Waals surface area contributed by atoms with Crippen molar-refractivity contribution in [3.8, 4) is 0 Å². The predicted molar refractivity (Wildman–Crippen MR) is 159 cm³/mol. The van der Waals surface area contributed by atoms with E-state index >= 15 is 0 Å². The van der Waals surface area contributed by atoms with Gasteiger partial charge in [0.15, 0.2) is 0 Å². The Hall–Kier alpha value is -2.25. The summed E-state index contributed by atoms with van der Waals surface area (Å²) >= 11 is 20.4. The predicted octanol–water partition coefficient (Wildman–Crippen LogP) is 7.72. The molecular weight excluding hydrogens is 578 g/mol. The molecule has 0 aliphatic heterocycles. The Morgan fingerprint density at radius 3 is 2.15 bits per heavy atom. The summed E-state index contributed by atoms with van der Waals surface area (Å²) in [5.74, 6) is -0.653. The van der Waals surface area contributed by atoms with Crippen LogP contribution in [-0.4, -0.2) is 34.6 Å². The summed E-state index contributed by atoms with van der Waals surface area (Å²) in [5.41, 5.74) is 1.85. The van der Waals surface area contributed by atoms with Gasteiger partial charge < -0.3 is 10.2 Å². The molecule has 9 heteroatoms. The number of hydrogen-bond acceptors (Lipinski definition) is 3. The maximum Gasteiger partial charge on any atom is 0.243 e. The summed E-state index contributed by atoms with van der Waals surface area (Å²) in [4.78, 5) is 29.1. The van der Waals surface area contributed by atoms with E-state index in [0.29, 0.717) is 32.6 Å². The molecule has 1 aliphatic carbocycles. The molecule has 0 radical (unpaired) electrons. The number of rotatable bonds is 11. The summed E-state index contributed by atoms with van der Waals surface area (Å²) < 4.78 is 14.3. The van der Waals surface area contributed by atoms with Crippen LogP contribution in [0.4, 0.5) is 4.39 Å². The normalized spacial score (nSPS) is 14.3. The number of halogens is 4. The Kier molecular flexibility index (Phi) is 11.0. The molecule has 0 bridgehead atoms. The van der Waals surface area contributed by atoms with Gasteiger partial charge in [-0.25, -0.2) is 4.39 Å². The van der Waals surface area contributed by atoms with E-state index in [1.165, 1.54) is 17.8 Å². The second-order valence-electron chi connectivity index (χ2n) is 9.61. The van der Waals surface area contributed by atoms with Crippen LogP contribution in [0.15, 0.2) is 66.7 Å². The van der Waals surface area contributed by atoms with Gasteiger partial charge >= 0.3 is 0 Å². The zero-order valence-electron chi connectivity index (χ0n) is 21.3. The van der Waals surface area contributed by atoms with E-state index < -0.39 is 11.9 Å². The van der Waals surface area contributed by atoms with Gasteiger partial charge in [-0.3, -0.25) is 9.59 Å². The van der Waals surface area contributed by atoms with Crippen molar-refractivity contribution in [2.45, 2.75) is 56.5 Å². The lowest BCUT2D eigenvalue weighted by Crippen LogP contribution is -2.52. The third kappa shape index (κ3) is 8.14. The van der Waals surface area contributed by atoms with Gasteiger partial charge in [0, 0.05) is 51.0 Å². The van der Waals surface area contributed by atoms with Gasteiger partial charge in [-0.05, 0) is 42.7 Å². The first kappa shape index (κ1) is 29.7. The molecule has 0 spiro atoms. The Balaban J connectivity index is 1.62. The molecule has 0 heterocycles. The summed E-state index contributed by atoms with van der Waals surface area (Å²) in [6, 6.07) is 18.6. The SMILES string of the molecule is O=C(NC1CCCC1)[C@H](Cc1ccccc1)N(Cc1c(Cl)cccc1Cl)C(=O)CSCc1c(F)cccc1Cl. The molecule has 1 N–H and O–H groups in total. The lowest BCUT2D eigenvalue weighted by molar-refractivity contribution is -0.139. The van der Waals surface area contributed by atoms with E-state index in [2.05, 4.69) is 5.32 Å². The fourth-order valence-corrected chi connectivity index (χ4v) is 6.53. The van der Waals surface area contributed by atoms with Crippen molar-refractivity contribution >= 4 is 58.4 Å². The van der Waals surface area contributed by atoms with Crippen LogP contribution in [-0.2, 0) is 28.3 Å². The highest BCUT2D eigenvalue weighted by molar-refractivity contribution is 7.99. The van der Waals surface area contributed by atoms with Gasteiger partial charge in [-0.2, -0.15) is 0 Å². The number of hydrogen-bond donors (Lipinski definition) is 1. The molecule has 1 fully saturated rings. The van der Waals surface area contributed by atoms with E-state index in [-0.39, 0.29) is 35.9 Å². The monoisotopic (exact) mass is 606 g/mol. The van der Waals surface area contributed by atoms with Crippen molar-refractivity contribution in [2.24, 2.45) is 0 Å². The van der Waals surface area contributed by atoms with Crippen molar-refractivity contribution in [1.82, 2.24) is 10.2 Å². The van der Waals surface area contributed by atoms with Crippen LogP contribution in [0.3, 0.4) is 0 Å². The van der Waals surface area contributed by atoms with Crippen LogP contribution in [0.2, 0.25) is 15.1 Å². The molecule has 3 aromatic carbocycles.